The topological polar surface area (TPSA) is 86.7 Å². The first-order chi connectivity index (χ1) is 17.0. The van der Waals surface area contributed by atoms with Crippen LogP contribution in [0.4, 0.5) is 0 Å². The fraction of sp³-hybridized carbons (Fsp3) is 0.138. The molecule has 6 nitrogen and oxygen atoms in total. The molecule has 0 fully saturated rings. The van der Waals surface area contributed by atoms with E-state index in [9.17, 15) is 9.59 Å². The molecule has 0 radical (unpaired) electrons. The third kappa shape index (κ3) is 5.55. The molecule has 0 saturated heterocycles. The van der Waals surface area contributed by atoms with Crippen molar-refractivity contribution >= 4 is 11.6 Å². The van der Waals surface area contributed by atoms with Gasteiger partial charge < -0.3 is 15.0 Å². The number of ether oxygens (including phenoxy) is 1. The smallest absolute Gasteiger partial charge is 0.251 e. The lowest BCUT2D eigenvalue weighted by molar-refractivity contribution is -0.119. The van der Waals surface area contributed by atoms with E-state index in [0.29, 0.717) is 17.8 Å². The molecule has 2 N–H and O–H groups in total. The molecule has 176 valence electrons. The fourth-order valence-electron chi connectivity index (χ4n) is 3.97. The third-order valence-electron chi connectivity index (χ3n) is 5.80. The highest BCUT2D eigenvalue weighted by Gasteiger charge is 2.22. The summed E-state index contributed by atoms with van der Waals surface area (Å²) in [5, 5.41) is 0. The molecule has 3 aromatic carbocycles. The minimum absolute atomic E-state index is 0.233. The zero-order valence-corrected chi connectivity index (χ0v) is 19.7. The maximum Gasteiger partial charge on any atom is 0.251 e. The zero-order chi connectivity index (χ0) is 24.8. The van der Waals surface area contributed by atoms with Gasteiger partial charge in [-0.1, -0.05) is 72.8 Å². The van der Waals surface area contributed by atoms with Crippen LogP contribution in [-0.4, -0.2) is 23.3 Å². The lowest BCUT2D eigenvalue weighted by Gasteiger charge is -2.17. The van der Waals surface area contributed by atoms with Crippen molar-refractivity contribution in [1.82, 2.24) is 4.57 Å². The van der Waals surface area contributed by atoms with Gasteiger partial charge in [0.25, 0.3) is 5.56 Å². The Kier molecular flexibility index (Phi) is 7.21. The SMILES string of the molecule is COc1ccc(Cn2cc(C)c(C(N=C(c3ccccc3)c3ccccc3)C(N)=O)cc2=O)cc1. The molecule has 0 aliphatic carbocycles. The Bertz CT molecular complexity index is 1350. The maximum atomic E-state index is 13.0. The second-order valence-electron chi connectivity index (χ2n) is 8.24. The van der Waals surface area contributed by atoms with Gasteiger partial charge in [0, 0.05) is 23.4 Å². The Morgan fingerprint density at radius 3 is 2.03 bits per heavy atom. The van der Waals surface area contributed by atoms with Gasteiger partial charge in [-0.2, -0.15) is 0 Å². The van der Waals surface area contributed by atoms with Crippen LogP contribution in [0.5, 0.6) is 5.75 Å². The molecule has 1 unspecified atom stereocenters. The van der Waals surface area contributed by atoms with Crippen LogP contribution in [0.1, 0.15) is 33.9 Å². The number of rotatable bonds is 8. The number of primary amides is 1. The molecular formula is C29H27N3O3. The van der Waals surface area contributed by atoms with Crippen LogP contribution >= 0.6 is 0 Å². The molecule has 0 aliphatic rings. The number of nitrogens with two attached hydrogens (primary N) is 1. The minimum atomic E-state index is -1.01. The fourth-order valence-corrected chi connectivity index (χ4v) is 3.97. The molecule has 4 rings (SSSR count). The average Bonchev–Trinajstić information content (AvgIpc) is 2.88. The molecule has 1 amide bonds. The number of hydrogen-bond donors (Lipinski definition) is 1. The van der Waals surface area contributed by atoms with Crippen molar-refractivity contribution in [1.29, 1.82) is 0 Å². The summed E-state index contributed by atoms with van der Waals surface area (Å²) >= 11 is 0. The Morgan fingerprint density at radius 2 is 1.51 bits per heavy atom. The predicted octanol–water partition coefficient (Wildman–Crippen LogP) is 4.28. The molecule has 35 heavy (non-hydrogen) atoms. The van der Waals surface area contributed by atoms with Crippen LogP contribution in [0.3, 0.4) is 0 Å². The van der Waals surface area contributed by atoms with Gasteiger partial charge in [-0.15, -0.1) is 0 Å². The van der Waals surface area contributed by atoms with Crippen molar-refractivity contribution in [3.05, 3.63) is 135 Å². The van der Waals surface area contributed by atoms with Crippen molar-refractivity contribution in [2.75, 3.05) is 7.11 Å². The van der Waals surface area contributed by atoms with E-state index in [0.717, 1.165) is 28.0 Å². The Morgan fingerprint density at radius 1 is 0.943 bits per heavy atom. The molecule has 6 heteroatoms. The van der Waals surface area contributed by atoms with Crippen LogP contribution in [0.2, 0.25) is 0 Å². The molecule has 4 aromatic rings. The summed E-state index contributed by atoms with van der Waals surface area (Å²) < 4.78 is 6.81. The van der Waals surface area contributed by atoms with Gasteiger partial charge in [0.15, 0.2) is 6.04 Å². The summed E-state index contributed by atoms with van der Waals surface area (Å²) in [5.74, 6) is 0.132. The highest BCUT2D eigenvalue weighted by Crippen LogP contribution is 2.23. The van der Waals surface area contributed by atoms with E-state index in [1.165, 1.54) is 6.07 Å². The summed E-state index contributed by atoms with van der Waals surface area (Å²) in [5.41, 5.74) is 10.1. The van der Waals surface area contributed by atoms with Crippen molar-refractivity contribution in [3.63, 3.8) is 0 Å². The number of aryl methyl sites for hydroxylation is 1. The van der Waals surface area contributed by atoms with Gasteiger partial charge >= 0.3 is 0 Å². The van der Waals surface area contributed by atoms with Crippen LogP contribution in [0.15, 0.2) is 107 Å². The van der Waals surface area contributed by atoms with Crippen molar-refractivity contribution in [3.8, 4) is 5.75 Å². The number of hydrogen-bond acceptors (Lipinski definition) is 4. The minimum Gasteiger partial charge on any atom is -0.497 e. The van der Waals surface area contributed by atoms with Gasteiger partial charge in [-0.3, -0.25) is 14.6 Å². The highest BCUT2D eigenvalue weighted by molar-refractivity contribution is 6.13. The van der Waals surface area contributed by atoms with Gasteiger partial charge in [0.1, 0.15) is 5.75 Å². The van der Waals surface area contributed by atoms with Gasteiger partial charge in [0.2, 0.25) is 5.91 Å². The number of amides is 1. The van der Waals surface area contributed by atoms with Crippen molar-refractivity contribution in [2.24, 2.45) is 10.7 Å². The highest BCUT2D eigenvalue weighted by atomic mass is 16.5. The van der Waals surface area contributed by atoms with E-state index >= 15 is 0 Å². The average molecular weight is 466 g/mol. The largest absolute Gasteiger partial charge is 0.497 e. The van der Waals surface area contributed by atoms with Crippen molar-refractivity contribution < 1.29 is 9.53 Å². The van der Waals surface area contributed by atoms with Gasteiger partial charge in [-0.05, 0) is 35.7 Å². The Hall–Kier alpha value is -4.45. The number of carbonyl (C=O) groups is 1. The number of nitrogens with zero attached hydrogens (tertiary/aromatic N) is 2. The van der Waals surface area contributed by atoms with Crippen LogP contribution in [0.25, 0.3) is 0 Å². The number of methoxy groups -OCH3 is 1. The number of aliphatic imine (C=N–C) groups is 1. The molecule has 1 heterocycles. The summed E-state index contributed by atoms with van der Waals surface area (Å²) in [6, 6.07) is 27.2. The quantitative estimate of drug-likeness (QED) is 0.394. The maximum absolute atomic E-state index is 13.0. The van der Waals surface area contributed by atoms with Crippen LogP contribution < -0.4 is 16.0 Å². The Balaban J connectivity index is 1.75. The summed E-state index contributed by atoms with van der Waals surface area (Å²) in [6.45, 7) is 2.25. The lowest BCUT2D eigenvalue weighted by atomic mass is 9.99. The Labute approximate surface area is 204 Å². The third-order valence-corrected chi connectivity index (χ3v) is 5.80. The molecule has 0 bridgehead atoms. The predicted molar refractivity (Wildman–Crippen MR) is 138 cm³/mol. The molecule has 0 spiro atoms. The van der Waals surface area contributed by atoms with Crippen LogP contribution in [0, 0.1) is 6.92 Å². The first-order valence-electron chi connectivity index (χ1n) is 11.3. The monoisotopic (exact) mass is 465 g/mol. The van der Waals surface area contributed by atoms with E-state index in [-0.39, 0.29) is 5.56 Å². The molecule has 1 aromatic heterocycles. The zero-order valence-electron chi connectivity index (χ0n) is 19.7. The first kappa shape index (κ1) is 23.7. The summed E-state index contributed by atoms with van der Waals surface area (Å²) in [7, 11) is 1.61. The molecule has 0 aliphatic heterocycles. The van der Waals surface area contributed by atoms with Crippen molar-refractivity contribution in [2.45, 2.75) is 19.5 Å². The van der Waals surface area contributed by atoms with E-state index < -0.39 is 11.9 Å². The van der Waals surface area contributed by atoms with Gasteiger partial charge in [0.05, 0.1) is 19.4 Å². The van der Waals surface area contributed by atoms with E-state index in [2.05, 4.69) is 0 Å². The summed E-state index contributed by atoms with van der Waals surface area (Å²) in [6.07, 6.45) is 1.75. The summed E-state index contributed by atoms with van der Waals surface area (Å²) in [4.78, 5) is 30.4. The van der Waals surface area contributed by atoms with E-state index in [1.807, 2.05) is 91.9 Å². The second-order valence-corrected chi connectivity index (χ2v) is 8.24. The van der Waals surface area contributed by atoms with Crippen LogP contribution in [-0.2, 0) is 11.3 Å². The lowest BCUT2D eigenvalue weighted by Crippen LogP contribution is -2.27. The number of carbonyl (C=O) groups excluding carboxylic acids is 1. The second kappa shape index (κ2) is 10.7. The molecular weight excluding hydrogens is 438 g/mol. The number of benzene rings is 3. The van der Waals surface area contributed by atoms with E-state index in [1.54, 1.807) is 17.9 Å². The molecule has 1 atom stereocenters. The number of pyridine rings is 1. The molecule has 0 saturated carbocycles. The first-order valence-corrected chi connectivity index (χ1v) is 11.3. The normalized spacial score (nSPS) is 11.5. The van der Waals surface area contributed by atoms with E-state index in [4.69, 9.17) is 15.5 Å². The van der Waals surface area contributed by atoms with Gasteiger partial charge in [-0.25, -0.2) is 0 Å². The number of aromatic nitrogens is 1. The standard InChI is InChI=1S/C29H27N3O3/c1-20-18-32(19-21-13-15-24(35-2)16-14-21)26(33)17-25(20)28(29(30)34)31-27(22-9-5-3-6-10-22)23-11-7-4-8-12-23/h3-18,28H,19H2,1-2H3,(H2,30,34).